The van der Waals surface area contributed by atoms with Crippen LogP contribution in [-0.2, 0) is 6.42 Å². The van der Waals surface area contributed by atoms with E-state index >= 15 is 0 Å². The highest BCUT2D eigenvalue weighted by Gasteiger charge is 2.32. The molecule has 0 radical (unpaired) electrons. The molecule has 2 unspecified atom stereocenters. The number of fused-ring (bicyclic) bond motifs is 1. The van der Waals surface area contributed by atoms with Crippen molar-refractivity contribution in [1.29, 1.82) is 0 Å². The number of hydrogen-bond acceptors (Lipinski definition) is 2. The van der Waals surface area contributed by atoms with Gasteiger partial charge in [0.15, 0.2) is 0 Å². The lowest BCUT2D eigenvalue weighted by Crippen LogP contribution is -2.27. The molecule has 0 heterocycles. The van der Waals surface area contributed by atoms with E-state index in [4.69, 9.17) is 0 Å². The number of halogens is 1. The summed E-state index contributed by atoms with van der Waals surface area (Å²) >= 11 is 3.57. The molecule has 0 spiro atoms. The molecular weight excluding hydrogens is 254 g/mol. The van der Waals surface area contributed by atoms with E-state index in [-0.39, 0.29) is 6.61 Å². The molecule has 2 nitrogen and oxygen atoms in total. The van der Waals surface area contributed by atoms with Gasteiger partial charge in [-0.25, -0.2) is 0 Å². The van der Waals surface area contributed by atoms with Crippen LogP contribution in [0, 0.1) is 5.92 Å². The van der Waals surface area contributed by atoms with Gasteiger partial charge >= 0.3 is 0 Å². The highest BCUT2D eigenvalue weighted by Crippen LogP contribution is 2.39. The molecule has 0 amide bonds. The van der Waals surface area contributed by atoms with E-state index in [2.05, 4.69) is 46.4 Å². The highest BCUT2D eigenvalue weighted by molar-refractivity contribution is 9.10. The Morgan fingerprint density at radius 2 is 2.33 bits per heavy atom. The fourth-order valence-electron chi connectivity index (χ4n) is 2.38. The molecule has 0 saturated heterocycles. The summed E-state index contributed by atoms with van der Waals surface area (Å²) in [6.07, 6.45) is 0.963. The van der Waals surface area contributed by atoms with Crippen LogP contribution in [0.1, 0.15) is 24.1 Å². The molecule has 0 aliphatic heterocycles. The molecule has 0 fully saturated rings. The zero-order valence-corrected chi connectivity index (χ0v) is 10.4. The van der Waals surface area contributed by atoms with Gasteiger partial charge in [-0.05, 0) is 30.2 Å². The second kappa shape index (κ2) is 4.64. The van der Waals surface area contributed by atoms with Gasteiger partial charge in [-0.15, -0.1) is 0 Å². The zero-order valence-electron chi connectivity index (χ0n) is 8.83. The van der Waals surface area contributed by atoms with Crippen molar-refractivity contribution in [2.24, 2.45) is 5.92 Å². The second-order valence-electron chi connectivity index (χ2n) is 3.99. The Balaban J connectivity index is 2.35. The predicted molar refractivity (Wildman–Crippen MR) is 64.8 cm³/mol. The minimum atomic E-state index is 0.249. The van der Waals surface area contributed by atoms with Gasteiger partial charge in [0, 0.05) is 23.0 Å². The molecule has 82 valence electrons. The molecular formula is C12H16BrNO. The molecule has 0 saturated carbocycles. The maximum absolute atomic E-state index is 9.37. The van der Waals surface area contributed by atoms with E-state index in [1.807, 2.05) is 0 Å². The maximum Gasteiger partial charge on any atom is 0.0480 e. The molecule has 1 aromatic rings. The van der Waals surface area contributed by atoms with E-state index in [1.54, 1.807) is 0 Å². The Morgan fingerprint density at radius 3 is 3.00 bits per heavy atom. The molecule has 0 aromatic heterocycles. The third-order valence-electron chi connectivity index (χ3n) is 3.09. The summed E-state index contributed by atoms with van der Waals surface area (Å²) in [5.41, 5.74) is 2.69. The van der Waals surface area contributed by atoms with Gasteiger partial charge in [0.05, 0.1) is 0 Å². The second-order valence-corrected chi connectivity index (χ2v) is 4.84. The van der Waals surface area contributed by atoms with E-state index in [0.717, 1.165) is 13.0 Å². The largest absolute Gasteiger partial charge is 0.396 e. The smallest absolute Gasteiger partial charge is 0.0480 e. The number of aliphatic hydroxyl groups is 1. The van der Waals surface area contributed by atoms with Gasteiger partial charge in [-0.1, -0.05) is 35.0 Å². The fourth-order valence-corrected chi connectivity index (χ4v) is 2.93. The molecule has 15 heavy (non-hydrogen) atoms. The Kier molecular flexibility index (Phi) is 3.44. The number of rotatable bonds is 3. The van der Waals surface area contributed by atoms with Gasteiger partial charge in [0.25, 0.3) is 0 Å². The van der Waals surface area contributed by atoms with Crippen molar-refractivity contribution in [2.75, 3.05) is 13.2 Å². The van der Waals surface area contributed by atoms with Crippen LogP contribution in [0.25, 0.3) is 0 Å². The Morgan fingerprint density at radius 1 is 1.53 bits per heavy atom. The van der Waals surface area contributed by atoms with Crippen molar-refractivity contribution in [2.45, 2.75) is 19.4 Å². The van der Waals surface area contributed by atoms with Crippen molar-refractivity contribution in [1.82, 2.24) is 5.32 Å². The van der Waals surface area contributed by atoms with Gasteiger partial charge in [0.1, 0.15) is 0 Å². The molecule has 1 aliphatic rings. The summed E-state index contributed by atoms with van der Waals surface area (Å²) in [7, 11) is 0. The van der Waals surface area contributed by atoms with Crippen LogP contribution in [-0.4, -0.2) is 18.3 Å². The molecule has 3 heteroatoms. The maximum atomic E-state index is 9.37. The number of aliphatic hydroxyl groups excluding tert-OH is 1. The van der Waals surface area contributed by atoms with Crippen LogP contribution < -0.4 is 5.32 Å². The first kappa shape index (κ1) is 11.1. The molecule has 2 atom stereocenters. The van der Waals surface area contributed by atoms with Crippen LogP contribution in [0.2, 0.25) is 0 Å². The summed E-state index contributed by atoms with van der Waals surface area (Å²) < 4.78 is 1.17. The van der Waals surface area contributed by atoms with Crippen LogP contribution >= 0.6 is 15.9 Å². The van der Waals surface area contributed by atoms with Crippen molar-refractivity contribution in [3.05, 3.63) is 33.8 Å². The van der Waals surface area contributed by atoms with Crippen LogP contribution in [0.15, 0.2) is 22.7 Å². The number of hydrogen-bond donors (Lipinski definition) is 2. The SMILES string of the molecule is CCNC1c2cccc(Br)c2CC1CO. The van der Waals surface area contributed by atoms with Gasteiger partial charge < -0.3 is 10.4 Å². The lowest BCUT2D eigenvalue weighted by atomic mass is 10.0. The van der Waals surface area contributed by atoms with Crippen LogP contribution in [0.3, 0.4) is 0 Å². The van der Waals surface area contributed by atoms with Crippen molar-refractivity contribution < 1.29 is 5.11 Å². The van der Waals surface area contributed by atoms with Crippen molar-refractivity contribution >= 4 is 15.9 Å². The Hall–Kier alpha value is -0.380. The predicted octanol–water partition coefficient (Wildman–Crippen LogP) is 2.26. The first-order valence-electron chi connectivity index (χ1n) is 5.39. The third-order valence-corrected chi connectivity index (χ3v) is 3.83. The van der Waals surface area contributed by atoms with Crippen molar-refractivity contribution in [3.63, 3.8) is 0 Å². The summed E-state index contributed by atoms with van der Waals surface area (Å²) in [5.74, 6) is 0.318. The minimum Gasteiger partial charge on any atom is -0.396 e. The number of nitrogens with one attached hydrogen (secondary N) is 1. The van der Waals surface area contributed by atoms with E-state index in [1.165, 1.54) is 15.6 Å². The molecule has 0 bridgehead atoms. The summed E-state index contributed by atoms with van der Waals surface area (Å²) in [5, 5.41) is 12.8. The molecule has 2 rings (SSSR count). The third kappa shape index (κ3) is 1.96. The average molecular weight is 270 g/mol. The van der Waals surface area contributed by atoms with Gasteiger partial charge in [-0.2, -0.15) is 0 Å². The van der Waals surface area contributed by atoms with Crippen LogP contribution in [0.4, 0.5) is 0 Å². The number of benzene rings is 1. The lowest BCUT2D eigenvalue weighted by Gasteiger charge is -2.19. The van der Waals surface area contributed by atoms with E-state index in [9.17, 15) is 5.11 Å². The molecule has 1 aliphatic carbocycles. The average Bonchev–Trinajstić information content (AvgIpc) is 2.59. The highest BCUT2D eigenvalue weighted by atomic mass is 79.9. The summed E-state index contributed by atoms with van der Waals surface area (Å²) in [4.78, 5) is 0. The summed E-state index contributed by atoms with van der Waals surface area (Å²) in [6, 6.07) is 6.60. The first-order chi connectivity index (χ1) is 7.27. The summed E-state index contributed by atoms with van der Waals surface area (Å²) in [6.45, 7) is 3.29. The van der Waals surface area contributed by atoms with E-state index in [0.29, 0.717) is 12.0 Å². The quantitative estimate of drug-likeness (QED) is 0.883. The monoisotopic (exact) mass is 269 g/mol. The van der Waals surface area contributed by atoms with Crippen LogP contribution in [0.5, 0.6) is 0 Å². The normalized spacial score (nSPS) is 24.2. The first-order valence-corrected chi connectivity index (χ1v) is 6.18. The molecule has 2 N–H and O–H groups in total. The molecule has 1 aromatic carbocycles. The Bertz CT molecular complexity index is 353. The Labute approximate surface area is 98.8 Å². The van der Waals surface area contributed by atoms with Gasteiger partial charge in [0.2, 0.25) is 0 Å². The zero-order chi connectivity index (χ0) is 10.8. The standard InChI is InChI=1S/C12H16BrNO/c1-2-14-12-8(7-15)6-10-9(12)4-3-5-11(10)13/h3-5,8,12,14-15H,2,6-7H2,1H3. The van der Waals surface area contributed by atoms with Crippen molar-refractivity contribution in [3.8, 4) is 0 Å². The van der Waals surface area contributed by atoms with Gasteiger partial charge in [-0.3, -0.25) is 0 Å². The lowest BCUT2D eigenvalue weighted by molar-refractivity contribution is 0.201. The van der Waals surface area contributed by atoms with E-state index < -0.39 is 0 Å². The fraction of sp³-hybridized carbons (Fsp3) is 0.500. The topological polar surface area (TPSA) is 32.3 Å². The minimum absolute atomic E-state index is 0.249.